The SMILES string of the molecule is CCNC(=NCCCCN1CCN(Cc2ccccc2)CC1)NCCC(=O)N(CC)CC.I. The quantitative estimate of drug-likeness (QED) is 0.165. The Morgan fingerprint density at radius 1 is 0.970 bits per heavy atom. The van der Waals surface area contributed by atoms with E-state index < -0.39 is 0 Å². The summed E-state index contributed by atoms with van der Waals surface area (Å²) in [6.45, 7) is 16.7. The molecule has 2 N–H and O–H groups in total. The van der Waals surface area contributed by atoms with Crippen LogP contribution in [-0.2, 0) is 11.3 Å². The van der Waals surface area contributed by atoms with Crippen LogP contribution in [0.5, 0.6) is 0 Å². The molecule has 0 atom stereocenters. The van der Waals surface area contributed by atoms with Gasteiger partial charge in [0.25, 0.3) is 0 Å². The number of hydrogen-bond acceptors (Lipinski definition) is 4. The summed E-state index contributed by atoms with van der Waals surface area (Å²) < 4.78 is 0. The van der Waals surface area contributed by atoms with Crippen LogP contribution in [0.1, 0.15) is 45.6 Å². The minimum Gasteiger partial charge on any atom is -0.357 e. The van der Waals surface area contributed by atoms with Gasteiger partial charge in [0.05, 0.1) is 0 Å². The Morgan fingerprint density at radius 3 is 2.27 bits per heavy atom. The molecule has 0 unspecified atom stereocenters. The van der Waals surface area contributed by atoms with Gasteiger partial charge >= 0.3 is 0 Å². The number of carbonyl (C=O) groups is 1. The summed E-state index contributed by atoms with van der Waals surface area (Å²) in [6.07, 6.45) is 2.75. The summed E-state index contributed by atoms with van der Waals surface area (Å²) in [5.41, 5.74) is 1.40. The van der Waals surface area contributed by atoms with Crippen molar-refractivity contribution in [2.45, 2.75) is 46.6 Å². The molecule has 7 nitrogen and oxygen atoms in total. The first-order chi connectivity index (χ1) is 15.7. The molecule has 188 valence electrons. The van der Waals surface area contributed by atoms with Crippen LogP contribution < -0.4 is 10.6 Å². The predicted molar refractivity (Wildman–Crippen MR) is 149 cm³/mol. The zero-order valence-electron chi connectivity index (χ0n) is 20.9. The molecule has 0 aliphatic carbocycles. The van der Waals surface area contributed by atoms with Crippen molar-refractivity contribution < 1.29 is 4.79 Å². The van der Waals surface area contributed by atoms with Crippen LogP contribution >= 0.6 is 24.0 Å². The third kappa shape index (κ3) is 12.0. The summed E-state index contributed by atoms with van der Waals surface area (Å²) in [4.78, 5) is 23.8. The molecular formula is C25H45IN6O. The highest BCUT2D eigenvalue weighted by Gasteiger charge is 2.16. The maximum Gasteiger partial charge on any atom is 0.224 e. The normalized spacial score (nSPS) is 15.1. The maximum atomic E-state index is 12.1. The van der Waals surface area contributed by atoms with E-state index in [0.29, 0.717) is 13.0 Å². The van der Waals surface area contributed by atoms with Crippen LogP contribution in [0.4, 0.5) is 0 Å². The summed E-state index contributed by atoms with van der Waals surface area (Å²) in [7, 11) is 0. The maximum absolute atomic E-state index is 12.1. The van der Waals surface area contributed by atoms with Crippen LogP contribution in [0.25, 0.3) is 0 Å². The third-order valence-electron chi connectivity index (χ3n) is 5.96. The van der Waals surface area contributed by atoms with Gasteiger partial charge in [-0.1, -0.05) is 30.3 Å². The van der Waals surface area contributed by atoms with E-state index in [-0.39, 0.29) is 29.9 Å². The third-order valence-corrected chi connectivity index (χ3v) is 5.96. The average Bonchev–Trinajstić information content (AvgIpc) is 2.81. The molecule has 0 saturated carbocycles. The highest BCUT2D eigenvalue weighted by atomic mass is 127. The van der Waals surface area contributed by atoms with Gasteiger partial charge in [-0.25, -0.2) is 0 Å². The molecule has 1 aliphatic heterocycles. The molecule has 0 bridgehead atoms. The minimum absolute atomic E-state index is 0. The van der Waals surface area contributed by atoms with E-state index in [2.05, 4.69) is 62.7 Å². The molecule has 0 radical (unpaired) electrons. The average molecular weight is 573 g/mol. The van der Waals surface area contributed by atoms with Crippen LogP contribution in [-0.4, -0.2) is 92.0 Å². The molecule has 1 saturated heterocycles. The van der Waals surface area contributed by atoms with Crippen LogP contribution in [0.3, 0.4) is 0 Å². The lowest BCUT2D eigenvalue weighted by Gasteiger charge is -2.34. The molecule has 8 heteroatoms. The van der Waals surface area contributed by atoms with Gasteiger partial charge in [0, 0.05) is 71.9 Å². The number of nitrogens with one attached hydrogen (secondary N) is 2. The van der Waals surface area contributed by atoms with E-state index in [9.17, 15) is 4.79 Å². The lowest BCUT2D eigenvalue weighted by molar-refractivity contribution is -0.130. The Morgan fingerprint density at radius 2 is 1.64 bits per heavy atom. The molecule has 1 heterocycles. The number of piperazine rings is 1. The van der Waals surface area contributed by atoms with Crippen molar-refractivity contribution >= 4 is 35.8 Å². The van der Waals surface area contributed by atoms with Gasteiger partial charge in [-0.2, -0.15) is 0 Å². The Kier molecular flexibility index (Phi) is 16.2. The van der Waals surface area contributed by atoms with Gasteiger partial charge in [-0.3, -0.25) is 14.7 Å². The van der Waals surface area contributed by atoms with Crippen LogP contribution in [0, 0.1) is 0 Å². The first-order valence-corrected chi connectivity index (χ1v) is 12.4. The highest BCUT2D eigenvalue weighted by molar-refractivity contribution is 14.0. The van der Waals surface area contributed by atoms with Gasteiger partial charge in [0.2, 0.25) is 5.91 Å². The molecule has 1 aromatic carbocycles. The first-order valence-electron chi connectivity index (χ1n) is 12.4. The van der Waals surface area contributed by atoms with Crippen molar-refractivity contribution in [2.75, 3.05) is 65.4 Å². The molecule has 1 fully saturated rings. The monoisotopic (exact) mass is 572 g/mol. The van der Waals surface area contributed by atoms with E-state index in [1.165, 1.54) is 12.0 Å². The minimum atomic E-state index is 0. The standard InChI is InChI=1S/C25H44N6O.HI/c1-4-26-25(28-16-14-24(32)31(5-2)6-3)27-15-10-11-17-29-18-20-30(21-19-29)22-23-12-8-7-9-13-23;/h7-9,12-13H,4-6,10-11,14-22H2,1-3H3,(H2,26,27,28);1H. The fourth-order valence-electron chi connectivity index (χ4n) is 4.01. The second kappa shape index (κ2) is 18.0. The summed E-state index contributed by atoms with van der Waals surface area (Å²) >= 11 is 0. The number of guanidine groups is 1. The van der Waals surface area contributed by atoms with Crippen LogP contribution in [0.15, 0.2) is 35.3 Å². The van der Waals surface area contributed by atoms with E-state index in [1.54, 1.807) is 0 Å². The zero-order chi connectivity index (χ0) is 23.0. The van der Waals surface area contributed by atoms with E-state index in [4.69, 9.17) is 0 Å². The molecule has 1 aromatic rings. The second-order valence-electron chi connectivity index (χ2n) is 8.31. The summed E-state index contributed by atoms with van der Waals surface area (Å²) in [6, 6.07) is 10.8. The van der Waals surface area contributed by atoms with Crippen molar-refractivity contribution in [3.8, 4) is 0 Å². The Hall–Kier alpha value is -1.39. The number of rotatable bonds is 13. The fraction of sp³-hybridized carbons (Fsp3) is 0.680. The molecule has 33 heavy (non-hydrogen) atoms. The number of unbranched alkanes of at least 4 members (excludes halogenated alkanes) is 1. The number of hydrogen-bond donors (Lipinski definition) is 2. The highest BCUT2D eigenvalue weighted by Crippen LogP contribution is 2.09. The smallest absolute Gasteiger partial charge is 0.224 e. The fourth-order valence-corrected chi connectivity index (χ4v) is 4.01. The van der Waals surface area contributed by atoms with Crippen molar-refractivity contribution in [1.29, 1.82) is 0 Å². The van der Waals surface area contributed by atoms with E-state index in [1.807, 2.05) is 18.7 Å². The molecule has 0 aromatic heterocycles. The molecule has 0 spiro atoms. The summed E-state index contributed by atoms with van der Waals surface area (Å²) in [5.74, 6) is 1.01. The van der Waals surface area contributed by atoms with E-state index in [0.717, 1.165) is 77.8 Å². The van der Waals surface area contributed by atoms with Gasteiger partial charge < -0.3 is 20.4 Å². The van der Waals surface area contributed by atoms with E-state index >= 15 is 0 Å². The number of nitrogens with zero attached hydrogens (tertiary/aromatic N) is 4. The Bertz CT molecular complexity index is 660. The lowest BCUT2D eigenvalue weighted by Crippen LogP contribution is -2.46. The van der Waals surface area contributed by atoms with Crippen LogP contribution in [0.2, 0.25) is 0 Å². The van der Waals surface area contributed by atoms with Crippen molar-refractivity contribution in [2.24, 2.45) is 4.99 Å². The Balaban J connectivity index is 0.00000544. The molecule has 1 amide bonds. The Labute approximate surface area is 218 Å². The van der Waals surface area contributed by atoms with Gasteiger partial charge in [0.1, 0.15) is 0 Å². The van der Waals surface area contributed by atoms with Gasteiger partial charge in [-0.05, 0) is 45.7 Å². The van der Waals surface area contributed by atoms with Crippen molar-refractivity contribution in [1.82, 2.24) is 25.3 Å². The first kappa shape index (κ1) is 29.6. The van der Waals surface area contributed by atoms with Crippen molar-refractivity contribution in [3.05, 3.63) is 35.9 Å². The number of benzene rings is 1. The topological polar surface area (TPSA) is 63.2 Å². The lowest BCUT2D eigenvalue weighted by atomic mass is 10.2. The van der Waals surface area contributed by atoms with Gasteiger partial charge in [-0.15, -0.1) is 24.0 Å². The molecular weight excluding hydrogens is 527 g/mol. The second-order valence-corrected chi connectivity index (χ2v) is 8.31. The van der Waals surface area contributed by atoms with Gasteiger partial charge in [0.15, 0.2) is 5.96 Å². The molecule has 1 aliphatic rings. The largest absolute Gasteiger partial charge is 0.357 e. The number of aliphatic imine (C=N–C) groups is 1. The number of carbonyl (C=O) groups excluding carboxylic acids is 1. The van der Waals surface area contributed by atoms with Crippen molar-refractivity contribution in [3.63, 3.8) is 0 Å². The zero-order valence-corrected chi connectivity index (χ0v) is 23.2. The molecule has 2 rings (SSSR count). The number of amides is 1. The summed E-state index contributed by atoms with van der Waals surface area (Å²) in [5, 5.41) is 6.57. The predicted octanol–water partition coefficient (Wildman–Crippen LogP) is 3.02. The number of halogens is 1.